The first-order valence-corrected chi connectivity index (χ1v) is 7.26. The highest BCUT2D eigenvalue weighted by atomic mass is 16.5. The van der Waals surface area contributed by atoms with Crippen LogP contribution in [0.25, 0.3) is 0 Å². The molecule has 0 aliphatic carbocycles. The van der Waals surface area contributed by atoms with Crippen molar-refractivity contribution in [2.24, 2.45) is 0 Å². The van der Waals surface area contributed by atoms with Gasteiger partial charge < -0.3 is 15.4 Å². The molecule has 1 aromatic carbocycles. The van der Waals surface area contributed by atoms with E-state index in [1.807, 2.05) is 37.3 Å². The van der Waals surface area contributed by atoms with Crippen molar-refractivity contribution in [1.29, 1.82) is 0 Å². The molecule has 2 N–H and O–H groups in total. The molecular weight excluding hydrogens is 278 g/mol. The van der Waals surface area contributed by atoms with Crippen LogP contribution in [0.1, 0.15) is 22.5 Å². The van der Waals surface area contributed by atoms with Gasteiger partial charge in [0, 0.05) is 25.9 Å². The second-order valence-corrected chi connectivity index (χ2v) is 5.03. The lowest BCUT2D eigenvalue weighted by Gasteiger charge is -2.08. The molecule has 0 fully saturated rings. The Balaban J connectivity index is 1.89. The number of pyridine rings is 1. The molecular formula is C17H21N3O2. The van der Waals surface area contributed by atoms with Crippen LogP contribution in [-0.4, -0.2) is 31.2 Å². The summed E-state index contributed by atoms with van der Waals surface area (Å²) in [5.41, 5.74) is 3.46. The molecule has 5 heteroatoms. The number of benzene rings is 1. The Hall–Kier alpha value is -2.40. The number of carbonyl (C=O) groups is 1. The zero-order valence-corrected chi connectivity index (χ0v) is 12.9. The summed E-state index contributed by atoms with van der Waals surface area (Å²) in [5, 5.41) is 6.05. The first kappa shape index (κ1) is 16.0. The van der Waals surface area contributed by atoms with E-state index in [9.17, 15) is 4.79 Å². The van der Waals surface area contributed by atoms with Gasteiger partial charge in [-0.15, -0.1) is 0 Å². The van der Waals surface area contributed by atoms with Crippen LogP contribution in [0.4, 0.5) is 11.4 Å². The van der Waals surface area contributed by atoms with Crippen molar-refractivity contribution >= 4 is 17.3 Å². The van der Waals surface area contributed by atoms with Crippen LogP contribution >= 0.6 is 0 Å². The van der Waals surface area contributed by atoms with Gasteiger partial charge in [-0.2, -0.15) is 0 Å². The number of carbonyl (C=O) groups excluding carboxylic acids is 1. The van der Waals surface area contributed by atoms with Crippen LogP contribution in [0.3, 0.4) is 0 Å². The van der Waals surface area contributed by atoms with Crippen molar-refractivity contribution in [1.82, 2.24) is 10.3 Å². The Morgan fingerprint density at radius 1 is 1.14 bits per heavy atom. The molecule has 2 aromatic rings. The zero-order valence-electron chi connectivity index (χ0n) is 12.9. The van der Waals surface area contributed by atoms with E-state index in [0.29, 0.717) is 18.8 Å². The molecule has 22 heavy (non-hydrogen) atoms. The summed E-state index contributed by atoms with van der Waals surface area (Å²) in [6.07, 6.45) is 2.44. The maximum atomic E-state index is 11.9. The lowest BCUT2D eigenvalue weighted by Crippen LogP contribution is -2.26. The van der Waals surface area contributed by atoms with Crippen LogP contribution < -0.4 is 10.6 Å². The third-order valence-electron chi connectivity index (χ3n) is 3.15. The molecule has 1 amide bonds. The first-order chi connectivity index (χ1) is 10.7. The summed E-state index contributed by atoms with van der Waals surface area (Å²) in [6.45, 7) is 3.26. The Bertz CT molecular complexity index is 594. The fourth-order valence-electron chi connectivity index (χ4n) is 1.91. The van der Waals surface area contributed by atoms with E-state index in [1.165, 1.54) is 5.56 Å². The Morgan fingerprint density at radius 2 is 1.86 bits per heavy atom. The van der Waals surface area contributed by atoms with Crippen LogP contribution in [0.15, 0.2) is 42.6 Å². The molecule has 0 radical (unpaired) electrons. The van der Waals surface area contributed by atoms with Gasteiger partial charge in [-0.25, -0.2) is 4.98 Å². The number of aromatic nitrogens is 1. The van der Waals surface area contributed by atoms with Crippen molar-refractivity contribution < 1.29 is 9.53 Å². The number of rotatable bonds is 7. The molecule has 0 spiro atoms. The van der Waals surface area contributed by atoms with E-state index in [0.717, 1.165) is 17.8 Å². The lowest BCUT2D eigenvalue weighted by atomic mass is 10.2. The summed E-state index contributed by atoms with van der Waals surface area (Å²) in [4.78, 5) is 16.1. The van der Waals surface area contributed by atoms with Crippen LogP contribution in [0.5, 0.6) is 0 Å². The van der Waals surface area contributed by atoms with Gasteiger partial charge >= 0.3 is 0 Å². The second kappa shape index (κ2) is 8.14. The van der Waals surface area contributed by atoms with Crippen LogP contribution in [-0.2, 0) is 4.74 Å². The van der Waals surface area contributed by atoms with E-state index in [1.54, 1.807) is 19.4 Å². The number of hydrogen-bond donors (Lipinski definition) is 2. The molecule has 116 valence electrons. The van der Waals surface area contributed by atoms with Crippen molar-refractivity contribution in [3.8, 4) is 0 Å². The third kappa shape index (κ3) is 4.86. The van der Waals surface area contributed by atoms with Crippen LogP contribution in [0.2, 0.25) is 0 Å². The molecule has 1 aromatic heterocycles. The lowest BCUT2D eigenvalue weighted by molar-refractivity contribution is 0.0943. The van der Waals surface area contributed by atoms with E-state index >= 15 is 0 Å². The van der Waals surface area contributed by atoms with E-state index in [-0.39, 0.29) is 5.91 Å². The SMILES string of the molecule is COCCCNC(=O)c1ccc(Nc2ccc(C)cc2)cn1. The Labute approximate surface area is 130 Å². The van der Waals surface area contributed by atoms with E-state index in [2.05, 4.69) is 15.6 Å². The molecule has 0 aliphatic rings. The van der Waals surface area contributed by atoms with Gasteiger partial charge in [-0.1, -0.05) is 17.7 Å². The number of aryl methyl sites for hydroxylation is 1. The highest BCUT2D eigenvalue weighted by Gasteiger charge is 2.06. The maximum absolute atomic E-state index is 11.9. The highest BCUT2D eigenvalue weighted by molar-refractivity contribution is 5.92. The van der Waals surface area contributed by atoms with Gasteiger partial charge in [-0.05, 0) is 37.6 Å². The smallest absolute Gasteiger partial charge is 0.269 e. The number of ether oxygens (including phenoxy) is 1. The molecule has 2 rings (SSSR count). The number of amides is 1. The van der Waals surface area contributed by atoms with Gasteiger partial charge in [0.15, 0.2) is 0 Å². The summed E-state index contributed by atoms with van der Waals surface area (Å²) < 4.78 is 4.93. The van der Waals surface area contributed by atoms with Gasteiger partial charge in [0.1, 0.15) is 5.69 Å². The number of methoxy groups -OCH3 is 1. The fraction of sp³-hybridized carbons (Fsp3) is 0.294. The second-order valence-electron chi connectivity index (χ2n) is 5.03. The third-order valence-corrected chi connectivity index (χ3v) is 3.15. The maximum Gasteiger partial charge on any atom is 0.269 e. The normalized spacial score (nSPS) is 10.3. The monoisotopic (exact) mass is 299 g/mol. The Kier molecular flexibility index (Phi) is 5.91. The molecule has 0 bridgehead atoms. The molecule has 0 saturated carbocycles. The summed E-state index contributed by atoms with van der Waals surface area (Å²) in [5.74, 6) is -0.169. The standard InChI is InChI=1S/C17H21N3O2/c1-13-4-6-14(7-5-13)20-15-8-9-16(19-12-15)17(21)18-10-3-11-22-2/h4-9,12,20H,3,10-11H2,1-2H3,(H,18,21). The highest BCUT2D eigenvalue weighted by Crippen LogP contribution is 2.16. The minimum Gasteiger partial charge on any atom is -0.385 e. The summed E-state index contributed by atoms with van der Waals surface area (Å²) >= 11 is 0. The number of nitrogens with zero attached hydrogens (tertiary/aromatic N) is 1. The largest absolute Gasteiger partial charge is 0.385 e. The van der Waals surface area contributed by atoms with Crippen molar-refractivity contribution in [3.05, 3.63) is 53.9 Å². The number of nitrogens with one attached hydrogen (secondary N) is 2. The quantitative estimate of drug-likeness (QED) is 0.772. The predicted molar refractivity (Wildman–Crippen MR) is 87.5 cm³/mol. The number of anilines is 2. The molecule has 0 atom stereocenters. The van der Waals surface area contributed by atoms with Gasteiger partial charge in [-0.3, -0.25) is 4.79 Å². The predicted octanol–water partition coefficient (Wildman–Crippen LogP) is 2.90. The fourth-order valence-corrected chi connectivity index (χ4v) is 1.91. The Morgan fingerprint density at radius 3 is 2.50 bits per heavy atom. The topological polar surface area (TPSA) is 63.2 Å². The van der Waals surface area contributed by atoms with Crippen molar-refractivity contribution in [2.45, 2.75) is 13.3 Å². The van der Waals surface area contributed by atoms with E-state index < -0.39 is 0 Å². The van der Waals surface area contributed by atoms with Crippen molar-refractivity contribution in [3.63, 3.8) is 0 Å². The average Bonchev–Trinajstić information content (AvgIpc) is 2.54. The summed E-state index contributed by atoms with van der Waals surface area (Å²) in [6, 6.07) is 11.6. The minimum atomic E-state index is -0.169. The zero-order chi connectivity index (χ0) is 15.8. The molecule has 0 unspecified atom stereocenters. The average molecular weight is 299 g/mol. The minimum absolute atomic E-state index is 0.169. The van der Waals surface area contributed by atoms with Gasteiger partial charge in [0.25, 0.3) is 5.91 Å². The number of hydrogen-bond acceptors (Lipinski definition) is 4. The molecule has 1 heterocycles. The van der Waals surface area contributed by atoms with Gasteiger partial charge in [0.05, 0.1) is 11.9 Å². The van der Waals surface area contributed by atoms with E-state index in [4.69, 9.17) is 4.74 Å². The van der Waals surface area contributed by atoms with Crippen LogP contribution in [0, 0.1) is 6.92 Å². The summed E-state index contributed by atoms with van der Waals surface area (Å²) in [7, 11) is 1.64. The van der Waals surface area contributed by atoms with Crippen molar-refractivity contribution in [2.75, 3.05) is 25.6 Å². The molecule has 5 nitrogen and oxygen atoms in total. The molecule has 0 aliphatic heterocycles. The van der Waals surface area contributed by atoms with Gasteiger partial charge in [0.2, 0.25) is 0 Å². The first-order valence-electron chi connectivity index (χ1n) is 7.26. The molecule has 0 saturated heterocycles.